The van der Waals surface area contributed by atoms with E-state index >= 15 is 0 Å². The van der Waals surface area contributed by atoms with Crippen molar-refractivity contribution in [3.05, 3.63) is 160 Å². The zero-order chi connectivity index (χ0) is 27.4. The van der Waals surface area contributed by atoms with Crippen LogP contribution in [0.15, 0.2) is 137 Å². The Labute approximate surface area is 242 Å². The predicted molar refractivity (Wildman–Crippen MR) is 162 cm³/mol. The van der Waals surface area contributed by atoms with Crippen LogP contribution in [-0.2, 0) is 16.9 Å². The molecule has 7 heteroatoms. The highest BCUT2D eigenvalue weighted by Gasteiger charge is 2.39. The van der Waals surface area contributed by atoms with E-state index < -0.39 is 11.8 Å². The van der Waals surface area contributed by atoms with Crippen molar-refractivity contribution in [1.29, 1.82) is 0 Å². The molecule has 6 rings (SSSR count). The van der Waals surface area contributed by atoms with Crippen LogP contribution in [-0.4, -0.2) is 17.7 Å². The molecular weight excluding hydrogens is 564 g/mol. The molecule has 1 aliphatic rings. The molecule has 1 aliphatic heterocycles. The number of ether oxygens (including phenoxy) is 2. The third-order valence-electron chi connectivity index (χ3n) is 7.07. The standard InChI is InChI=1S/C33H29BrN4O2/c1-39-28-19-17-27(18-20-28)33(25-13-7-3-8-14-25,26-15-9-4-10-16-26)36-32-35-31(29-21-22-30(34)38(29)37-32)40-23-24-11-5-2-6-12-24/h2-22,31H,23H2,1H3,(H2,35,36,37). The summed E-state index contributed by atoms with van der Waals surface area (Å²) < 4.78 is 14.7. The van der Waals surface area contributed by atoms with E-state index in [2.05, 4.69) is 99.5 Å². The Morgan fingerprint density at radius 2 is 1.35 bits per heavy atom. The second kappa shape index (κ2) is 11.4. The van der Waals surface area contributed by atoms with Crippen molar-refractivity contribution in [2.24, 2.45) is 4.99 Å². The zero-order valence-electron chi connectivity index (χ0n) is 22.0. The van der Waals surface area contributed by atoms with Gasteiger partial charge in [-0.1, -0.05) is 103 Å². The fourth-order valence-corrected chi connectivity index (χ4v) is 5.52. The van der Waals surface area contributed by atoms with Gasteiger partial charge in [-0.25, -0.2) is 9.67 Å². The van der Waals surface area contributed by atoms with Crippen LogP contribution in [0.1, 0.15) is 34.2 Å². The van der Waals surface area contributed by atoms with E-state index in [0.29, 0.717) is 12.6 Å². The average molecular weight is 594 g/mol. The van der Waals surface area contributed by atoms with E-state index in [-0.39, 0.29) is 0 Å². The van der Waals surface area contributed by atoms with Crippen LogP contribution in [0.25, 0.3) is 0 Å². The molecule has 1 aromatic heterocycles. The van der Waals surface area contributed by atoms with Gasteiger partial charge >= 0.3 is 0 Å². The lowest BCUT2D eigenvalue weighted by molar-refractivity contribution is 0.0394. The summed E-state index contributed by atoms with van der Waals surface area (Å²) in [5.74, 6) is 1.37. The van der Waals surface area contributed by atoms with E-state index in [9.17, 15) is 0 Å². The van der Waals surface area contributed by atoms with Crippen LogP contribution in [0.4, 0.5) is 0 Å². The van der Waals surface area contributed by atoms with Gasteiger partial charge in [0.05, 0.1) is 19.4 Å². The number of nitrogens with zero attached hydrogens (tertiary/aromatic N) is 2. The van der Waals surface area contributed by atoms with E-state index in [1.807, 2.05) is 59.3 Å². The van der Waals surface area contributed by atoms with E-state index in [1.165, 1.54) is 0 Å². The summed E-state index contributed by atoms with van der Waals surface area (Å²) in [6.07, 6.45) is -0.518. The van der Waals surface area contributed by atoms with Gasteiger partial charge in [-0.3, -0.25) is 5.43 Å². The van der Waals surface area contributed by atoms with E-state index in [4.69, 9.17) is 14.5 Å². The van der Waals surface area contributed by atoms with Gasteiger partial charge in [0.15, 0.2) is 6.23 Å². The lowest BCUT2D eigenvalue weighted by Crippen LogP contribution is -2.53. The number of guanidine groups is 1. The van der Waals surface area contributed by atoms with Gasteiger partial charge in [0.2, 0.25) is 5.96 Å². The van der Waals surface area contributed by atoms with Gasteiger partial charge in [-0.2, -0.15) is 0 Å². The van der Waals surface area contributed by atoms with Crippen LogP contribution < -0.4 is 15.5 Å². The van der Waals surface area contributed by atoms with Gasteiger partial charge in [-0.05, 0) is 62.4 Å². The number of hydrogen-bond acceptors (Lipinski definition) is 5. The Hall–Kier alpha value is -4.33. The molecule has 0 amide bonds. The molecule has 5 aromatic rings. The lowest BCUT2D eigenvalue weighted by atomic mass is 9.77. The Kier molecular flexibility index (Phi) is 7.40. The minimum absolute atomic E-state index is 0.437. The summed E-state index contributed by atoms with van der Waals surface area (Å²) in [5, 5.41) is 3.82. The molecule has 0 saturated heterocycles. The SMILES string of the molecule is COc1ccc(C(NC2=NC(OCc3ccccc3)c3ccc(Br)n3N2)(c2ccccc2)c2ccccc2)cc1. The number of methoxy groups -OCH3 is 1. The maximum absolute atomic E-state index is 6.38. The summed E-state index contributed by atoms with van der Waals surface area (Å²) >= 11 is 3.68. The van der Waals surface area contributed by atoms with Crippen LogP contribution in [0.2, 0.25) is 0 Å². The first-order valence-electron chi connectivity index (χ1n) is 13.1. The minimum Gasteiger partial charge on any atom is -0.497 e. The molecule has 1 atom stereocenters. The second-order valence-corrected chi connectivity index (χ2v) is 10.3. The highest BCUT2D eigenvalue weighted by molar-refractivity contribution is 9.10. The third kappa shape index (κ3) is 5.01. The second-order valence-electron chi connectivity index (χ2n) is 9.49. The lowest BCUT2D eigenvalue weighted by Gasteiger charge is -2.39. The fraction of sp³-hybridized carbons (Fsp3) is 0.121. The molecule has 0 spiro atoms. The highest BCUT2D eigenvalue weighted by atomic mass is 79.9. The first-order valence-corrected chi connectivity index (χ1v) is 13.9. The van der Waals surface area contributed by atoms with Crippen molar-refractivity contribution in [3.63, 3.8) is 0 Å². The van der Waals surface area contributed by atoms with E-state index in [0.717, 1.165) is 38.3 Å². The smallest absolute Gasteiger partial charge is 0.215 e. The summed E-state index contributed by atoms with van der Waals surface area (Å²) in [5.41, 5.74) is 7.85. The van der Waals surface area contributed by atoms with Crippen molar-refractivity contribution in [1.82, 2.24) is 9.99 Å². The van der Waals surface area contributed by atoms with Crippen molar-refractivity contribution in [2.45, 2.75) is 18.4 Å². The van der Waals surface area contributed by atoms with Crippen LogP contribution in [0.3, 0.4) is 0 Å². The summed E-state index contributed by atoms with van der Waals surface area (Å²) in [6, 6.07) is 43.1. The molecule has 2 N–H and O–H groups in total. The number of aliphatic imine (C=N–C) groups is 1. The maximum atomic E-state index is 6.38. The van der Waals surface area contributed by atoms with Gasteiger partial charge in [0.25, 0.3) is 0 Å². The Bertz CT molecular complexity index is 1550. The monoisotopic (exact) mass is 592 g/mol. The summed E-state index contributed by atoms with van der Waals surface area (Å²) in [4.78, 5) is 5.05. The number of halogens is 1. The zero-order valence-corrected chi connectivity index (χ0v) is 23.6. The molecule has 2 heterocycles. The van der Waals surface area contributed by atoms with Crippen molar-refractivity contribution < 1.29 is 9.47 Å². The average Bonchev–Trinajstić information content (AvgIpc) is 3.40. The summed E-state index contributed by atoms with van der Waals surface area (Å²) in [6.45, 7) is 0.437. The molecule has 1 unspecified atom stereocenters. The van der Waals surface area contributed by atoms with Gasteiger partial charge in [0.1, 0.15) is 15.9 Å². The van der Waals surface area contributed by atoms with Crippen molar-refractivity contribution in [3.8, 4) is 5.75 Å². The molecule has 6 nitrogen and oxygen atoms in total. The molecule has 0 bridgehead atoms. The molecule has 4 aromatic carbocycles. The molecule has 0 radical (unpaired) electrons. The number of aromatic nitrogens is 1. The molecule has 0 fully saturated rings. The quantitative estimate of drug-likeness (QED) is 0.191. The molecule has 0 saturated carbocycles. The maximum Gasteiger partial charge on any atom is 0.215 e. The number of rotatable bonds is 8. The minimum atomic E-state index is -0.776. The number of fused-ring (bicyclic) bond motifs is 1. The Morgan fingerprint density at radius 1 is 0.775 bits per heavy atom. The predicted octanol–water partition coefficient (Wildman–Crippen LogP) is 6.97. The van der Waals surface area contributed by atoms with Crippen molar-refractivity contribution in [2.75, 3.05) is 12.5 Å². The van der Waals surface area contributed by atoms with Crippen LogP contribution in [0.5, 0.6) is 5.75 Å². The van der Waals surface area contributed by atoms with E-state index in [1.54, 1.807) is 7.11 Å². The topological polar surface area (TPSA) is 59.8 Å². The van der Waals surface area contributed by atoms with Crippen LogP contribution in [0, 0.1) is 0 Å². The van der Waals surface area contributed by atoms with Crippen LogP contribution >= 0.6 is 15.9 Å². The molecule has 200 valence electrons. The Morgan fingerprint density at radius 3 is 1.95 bits per heavy atom. The number of nitrogens with one attached hydrogen (secondary N) is 2. The molecular formula is C33H29BrN4O2. The largest absolute Gasteiger partial charge is 0.497 e. The van der Waals surface area contributed by atoms with Gasteiger partial charge in [-0.15, -0.1) is 0 Å². The fourth-order valence-electron chi connectivity index (χ4n) is 5.10. The van der Waals surface area contributed by atoms with Gasteiger partial charge < -0.3 is 14.8 Å². The van der Waals surface area contributed by atoms with Gasteiger partial charge in [0, 0.05) is 0 Å². The first-order chi connectivity index (χ1) is 19.7. The number of benzene rings is 4. The Balaban J connectivity index is 1.46. The normalized spacial score (nSPS) is 14.6. The number of hydrogen-bond donors (Lipinski definition) is 2. The third-order valence-corrected chi connectivity index (χ3v) is 7.69. The summed E-state index contributed by atoms with van der Waals surface area (Å²) in [7, 11) is 1.68. The first kappa shape index (κ1) is 25.9. The highest BCUT2D eigenvalue weighted by Crippen LogP contribution is 2.38. The molecule has 40 heavy (non-hydrogen) atoms. The van der Waals surface area contributed by atoms with Crippen molar-refractivity contribution >= 4 is 21.9 Å². The molecule has 0 aliphatic carbocycles.